The lowest BCUT2D eigenvalue weighted by atomic mass is 9.93. The zero-order valence-corrected chi connectivity index (χ0v) is 20.6. The SMILES string of the molecule is Cn1c(C(=O)c2c(Cl)ccc(C(=O)N3CCC(CC=O)CC3)c2Cl)cc2ccc(OC(F)(F)F)cc21. The van der Waals surface area contributed by atoms with Crippen molar-refractivity contribution in [2.45, 2.75) is 25.6 Å². The minimum Gasteiger partial charge on any atom is -0.406 e. The molecular weight excluding hydrogens is 520 g/mol. The fraction of sp³-hybridized carbons (Fsp3) is 0.320. The van der Waals surface area contributed by atoms with Gasteiger partial charge in [-0.25, -0.2) is 0 Å². The number of hydrogen-bond acceptors (Lipinski definition) is 4. The highest BCUT2D eigenvalue weighted by atomic mass is 35.5. The van der Waals surface area contributed by atoms with Crippen molar-refractivity contribution in [3.63, 3.8) is 0 Å². The summed E-state index contributed by atoms with van der Waals surface area (Å²) in [7, 11) is 1.52. The number of likely N-dealkylation sites (tertiary alicyclic amines) is 1. The van der Waals surface area contributed by atoms with Crippen LogP contribution in [0.3, 0.4) is 0 Å². The van der Waals surface area contributed by atoms with Gasteiger partial charge in [0.15, 0.2) is 0 Å². The minimum atomic E-state index is -4.85. The van der Waals surface area contributed by atoms with Crippen LogP contribution in [0.1, 0.15) is 45.7 Å². The predicted octanol–water partition coefficient (Wildman–Crippen LogP) is 6.06. The molecule has 1 aliphatic heterocycles. The first-order valence-electron chi connectivity index (χ1n) is 11.1. The Morgan fingerprint density at radius 3 is 2.44 bits per heavy atom. The third kappa shape index (κ3) is 5.22. The summed E-state index contributed by atoms with van der Waals surface area (Å²) in [6.07, 6.45) is -2.13. The van der Waals surface area contributed by atoms with E-state index in [9.17, 15) is 27.6 Å². The first-order chi connectivity index (χ1) is 17.0. The van der Waals surface area contributed by atoms with Crippen LogP contribution in [-0.4, -0.2) is 46.9 Å². The summed E-state index contributed by atoms with van der Waals surface area (Å²) in [5.74, 6) is -1.11. The number of hydrogen-bond donors (Lipinski definition) is 0. The van der Waals surface area contributed by atoms with Crippen LogP contribution >= 0.6 is 23.2 Å². The summed E-state index contributed by atoms with van der Waals surface area (Å²) in [4.78, 5) is 39.1. The Bertz CT molecular complexity index is 1350. The minimum absolute atomic E-state index is 0.0394. The second-order valence-corrected chi connectivity index (χ2v) is 9.39. The van der Waals surface area contributed by atoms with Crippen LogP contribution in [0.5, 0.6) is 5.75 Å². The number of halogens is 5. The lowest BCUT2D eigenvalue weighted by molar-refractivity contribution is -0.274. The number of ketones is 1. The molecule has 1 amide bonds. The van der Waals surface area contributed by atoms with Gasteiger partial charge in [-0.1, -0.05) is 23.2 Å². The molecule has 2 heterocycles. The molecule has 11 heteroatoms. The molecule has 6 nitrogen and oxygen atoms in total. The molecule has 0 atom stereocenters. The molecule has 36 heavy (non-hydrogen) atoms. The van der Waals surface area contributed by atoms with Crippen molar-refractivity contribution in [2.75, 3.05) is 13.1 Å². The molecular formula is C25H21Cl2F3N2O4. The Labute approximate surface area is 214 Å². The number of carbonyl (C=O) groups is 3. The maximum absolute atomic E-state index is 13.5. The smallest absolute Gasteiger partial charge is 0.406 e. The van der Waals surface area contributed by atoms with Crippen molar-refractivity contribution < 1.29 is 32.3 Å². The van der Waals surface area contributed by atoms with Gasteiger partial charge in [-0.05, 0) is 49.1 Å². The van der Waals surface area contributed by atoms with E-state index < -0.39 is 17.9 Å². The number of amides is 1. The number of ether oxygens (including phenoxy) is 1. The maximum Gasteiger partial charge on any atom is 0.573 e. The van der Waals surface area contributed by atoms with Gasteiger partial charge >= 0.3 is 6.36 Å². The second kappa shape index (κ2) is 10.1. The molecule has 190 valence electrons. The van der Waals surface area contributed by atoms with Crippen LogP contribution in [-0.2, 0) is 11.8 Å². The van der Waals surface area contributed by atoms with Crippen molar-refractivity contribution in [1.29, 1.82) is 0 Å². The lowest BCUT2D eigenvalue weighted by Gasteiger charge is -2.31. The molecule has 0 radical (unpaired) electrons. The summed E-state index contributed by atoms with van der Waals surface area (Å²) in [5.41, 5.74) is 0.505. The highest BCUT2D eigenvalue weighted by Gasteiger charge is 2.32. The van der Waals surface area contributed by atoms with E-state index >= 15 is 0 Å². The third-order valence-corrected chi connectivity index (χ3v) is 7.07. The number of aldehydes is 1. The van der Waals surface area contributed by atoms with E-state index in [2.05, 4.69) is 4.74 Å². The van der Waals surface area contributed by atoms with Crippen LogP contribution in [0.15, 0.2) is 36.4 Å². The summed E-state index contributed by atoms with van der Waals surface area (Å²) >= 11 is 12.9. The fourth-order valence-electron chi connectivity index (χ4n) is 4.46. The standard InChI is InChI=1S/C25H21Cl2F3N2O4/c1-31-19-13-16(36-25(28,29)30)3-2-15(19)12-20(31)23(34)21-18(26)5-4-17(22(21)27)24(35)32-9-6-14(7-10-32)8-11-33/h2-5,11-14H,6-10H2,1H3. The number of fused-ring (bicyclic) bond motifs is 1. The van der Waals surface area contributed by atoms with Crippen molar-refractivity contribution in [3.8, 4) is 5.75 Å². The number of piperidine rings is 1. The van der Waals surface area contributed by atoms with Crippen LogP contribution in [0, 0.1) is 5.92 Å². The van der Waals surface area contributed by atoms with Gasteiger partial charge in [-0.3, -0.25) is 9.59 Å². The highest BCUT2D eigenvalue weighted by Crippen LogP contribution is 2.34. The number of benzene rings is 2. The zero-order valence-electron chi connectivity index (χ0n) is 19.1. The number of rotatable bonds is 6. The Balaban J connectivity index is 1.65. The van der Waals surface area contributed by atoms with Gasteiger partial charge in [0.1, 0.15) is 12.0 Å². The van der Waals surface area contributed by atoms with Gasteiger partial charge in [0.25, 0.3) is 5.91 Å². The summed E-state index contributed by atoms with van der Waals surface area (Å²) < 4.78 is 43.3. The lowest BCUT2D eigenvalue weighted by Crippen LogP contribution is -2.38. The zero-order chi connectivity index (χ0) is 26.2. The van der Waals surface area contributed by atoms with E-state index in [0.29, 0.717) is 43.3 Å². The molecule has 1 saturated heterocycles. The molecule has 0 spiro atoms. The van der Waals surface area contributed by atoms with Crippen molar-refractivity contribution in [3.05, 3.63) is 63.3 Å². The largest absolute Gasteiger partial charge is 0.573 e. The molecule has 2 aromatic carbocycles. The second-order valence-electron chi connectivity index (χ2n) is 8.61. The average molecular weight is 541 g/mol. The molecule has 1 aromatic heterocycles. The normalized spacial score (nSPS) is 14.8. The van der Waals surface area contributed by atoms with E-state index in [-0.39, 0.29) is 38.7 Å². The van der Waals surface area contributed by atoms with Gasteiger partial charge < -0.3 is 19.0 Å². The first-order valence-corrected chi connectivity index (χ1v) is 11.9. The monoisotopic (exact) mass is 540 g/mol. The van der Waals surface area contributed by atoms with E-state index in [1.165, 1.54) is 41.9 Å². The van der Waals surface area contributed by atoms with Gasteiger partial charge in [-0.2, -0.15) is 0 Å². The summed E-state index contributed by atoms with van der Waals surface area (Å²) in [5, 5.41) is 0.449. The summed E-state index contributed by atoms with van der Waals surface area (Å²) in [6.45, 7) is 0.927. The molecule has 0 bridgehead atoms. The molecule has 4 rings (SSSR count). The molecule has 0 unspecified atom stereocenters. The van der Waals surface area contributed by atoms with E-state index in [1.54, 1.807) is 4.90 Å². The third-order valence-electron chi connectivity index (χ3n) is 6.36. The quantitative estimate of drug-likeness (QED) is 0.281. The van der Waals surface area contributed by atoms with Gasteiger partial charge in [-0.15, -0.1) is 13.2 Å². The Hall–Kier alpha value is -3.04. The molecule has 0 aliphatic carbocycles. The van der Waals surface area contributed by atoms with E-state index in [4.69, 9.17) is 23.2 Å². The van der Waals surface area contributed by atoms with Crippen LogP contribution in [0.25, 0.3) is 10.9 Å². The number of aromatic nitrogens is 1. The van der Waals surface area contributed by atoms with Gasteiger partial charge in [0.05, 0.1) is 32.4 Å². The van der Waals surface area contributed by atoms with Crippen LogP contribution in [0.2, 0.25) is 10.0 Å². The number of alkyl halides is 3. The highest BCUT2D eigenvalue weighted by molar-refractivity contribution is 6.42. The number of aryl methyl sites for hydroxylation is 1. The van der Waals surface area contributed by atoms with Crippen LogP contribution < -0.4 is 4.74 Å². The molecule has 1 aliphatic rings. The fourth-order valence-corrected chi connectivity index (χ4v) is 5.08. The van der Waals surface area contributed by atoms with Gasteiger partial charge in [0.2, 0.25) is 5.78 Å². The Morgan fingerprint density at radius 1 is 1.11 bits per heavy atom. The molecule has 3 aromatic rings. The van der Waals surface area contributed by atoms with Crippen molar-refractivity contribution in [2.24, 2.45) is 13.0 Å². The van der Waals surface area contributed by atoms with Gasteiger partial charge in [0, 0.05) is 38.0 Å². The number of carbonyl (C=O) groups excluding carboxylic acids is 3. The average Bonchev–Trinajstić information content (AvgIpc) is 3.14. The van der Waals surface area contributed by atoms with Crippen molar-refractivity contribution in [1.82, 2.24) is 9.47 Å². The van der Waals surface area contributed by atoms with Crippen molar-refractivity contribution >= 4 is 52.1 Å². The molecule has 1 fully saturated rings. The number of nitrogens with zero attached hydrogens (tertiary/aromatic N) is 2. The Kier molecular flexibility index (Phi) is 7.33. The summed E-state index contributed by atoms with van der Waals surface area (Å²) in [6, 6.07) is 8.13. The van der Waals surface area contributed by atoms with E-state index in [1.807, 2.05) is 0 Å². The topological polar surface area (TPSA) is 68.6 Å². The molecule has 0 saturated carbocycles. The Morgan fingerprint density at radius 2 is 1.81 bits per heavy atom. The van der Waals surface area contributed by atoms with E-state index in [0.717, 1.165) is 12.4 Å². The molecule has 0 N–H and O–H groups in total. The van der Waals surface area contributed by atoms with Crippen LogP contribution in [0.4, 0.5) is 13.2 Å². The predicted molar refractivity (Wildman–Crippen MR) is 129 cm³/mol. The first kappa shape index (κ1) is 26.0. The maximum atomic E-state index is 13.5.